The van der Waals surface area contributed by atoms with Crippen molar-refractivity contribution in [2.24, 2.45) is 0 Å². The molecule has 6 heteroatoms. The Kier molecular flexibility index (Phi) is 5.23. The Morgan fingerprint density at radius 2 is 2.00 bits per heavy atom. The van der Waals surface area contributed by atoms with E-state index in [-0.39, 0.29) is 18.7 Å². The summed E-state index contributed by atoms with van der Waals surface area (Å²) in [6.07, 6.45) is 1.88. The lowest BCUT2D eigenvalue weighted by Crippen LogP contribution is -2.44. The number of carbonyl (C=O) groups is 1. The molecule has 1 saturated heterocycles. The van der Waals surface area contributed by atoms with Gasteiger partial charge in [-0.3, -0.25) is 9.69 Å². The van der Waals surface area contributed by atoms with E-state index >= 15 is 0 Å². The van der Waals surface area contributed by atoms with Gasteiger partial charge in [0.2, 0.25) is 6.79 Å². The van der Waals surface area contributed by atoms with Gasteiger partial charge in [-0.2, -0.15) is 0 Å². The van der Waals surface area contributed by atoms with Crippen molar-refractivity contribution in [1.29, 1.82) is 0 Å². The highest BCUT2D eigenvalue weighted by Crippen LogP contribution is 2.40. The summed E-state index contributed by atoms with van der Waals surface area (Å²) in [6.45, 7) is 4.88. The van der Waals surface area contributed by atoms with Crippen molar-refractivity contribution in [2.75, 3.05) is 19.9 Å². The van der Waals surface area contributed by atoms with Gasteiger partial charge in [-0.25, -0.2) is 0 Å². The highest BCUT2D eigenvalue weighted by Gasteiger charge is 2.23. The first-order chi connectivity index (χ1) is 13.1. The molecule has 1 amide bonds. The van der Waals surface area contributed by atoms with Crippen molar-refractivity contribution in [1.82, 2.24) is 10.2 Å². The average Bonchev–Trinajstić information content (AvgIpc) is 3.13. The van der Waals surface area contributed by atoms with Gasteiger partial charge in [-0.15, -0.1) is 0 Å². The molecule has 5 nitrogen and oxygen atoms in total. The number of carbonyl (C=O) groups excluding carboxylic acids is 1. The van der Waals surface area contributed by atoms with E-state index in [9.17, 15) is 4.79 Å². The minimum Gasteiger partial charge on any atom is -0.454 e. The van der Waals surface area contributed by atoms with Crippen LogP contribution < -0.4 is 14.8 Å². The van der Waals surface area contributed by atoms with Crippen LogP contribution in [0.5, 0.6) is 11.5 Å². The SMILES string of the molecule is Cc1ccccc1C(=O)NC1CCN(Cc2cc(Cl)c3c(c2)OCO3)CC1. The quantitative estimate of drug-likeness (QED) is 0.869. The third kappa shape index (κ3) is 4.04. The van der Waals surface area contributed by atoms with Crippen LogP contribution >= 0.6 is 11.6 Å². The Morgan fingerprint density at radius 1 is 1.22 bits per heavy atom. The maximum Gasteiger partial charge on any atom is 0.251 e. The second kappa shape index (κ2) is 7.79. The molecule has 2 heterocycles. The number of fused-ring (bicyclic) bond motifs is 1. The highest BCUT2D eigenvalue weighted by molar-refractivity contribution is 6.32. The van der Waals surface area contributed by atoms with Crippen LogP contribution in [0.3, 0.4) is 0 Å². The second-order valence-corrected chi connectivity index (χ2v) is 7.56. The number of nitrogens with zero attached hydrogens (tertiary/aromatic N) is 1. The van der Waals surface area contributed by atoms with Crippen molar-refractivity contribution in [3.05, 3.63) is 58.1 Å². The maximum absolute atomic E-state index is 12.5. The van der Waals surface area contributed by atoms with Gasteiger partial charge in [0, 0.05) is 31.2 Å². The van der Waals surface area contributed by atoms with Gasteiger partial charge in [0.1, 0.15) is 0 Å². The van der Waals surface area contributed by atoms with Crippen LogP contribution in [0.1, 0.15) is 34.3 Å². The molecule has 2 aliphatic heterocycles. The van der Waals surface area contributed by atoms with Crippen molar-refractivity contribution >= 4 is 17.5 Å². The molecule has 0 aliphatic carbocycles. The van der Waals surface area contributed by atoms with E-state index < -0.39 is 0 Å². The molecule has 27 heavy (non-hydrogen) atoms. The Morgan fingerprint density at radius 3 is 2.78 bits per heavy atom. The van der Waals surface area contributed by atoms with Crippen molar-refractivity contribution in [3.8, 4) is 11.5 Å². The number of ether oxygens (including phenoxy) is 2. The number of hydrogen-bond acceptors (Lipinski definition) is 4. The lowest BCUT2D eigenvalue weighted by molar-refractivity contribution is 0.0908. The number of aryl methyl sites for hydroxylation is 1. The molecule has 142 valence electrons. The van der Waals surface area contributed by atoms with E-state index in [0.29, 0.717) is 10.8 Å². The maximum atomic E-state index is 12.5. The summed E-state index contributed by atoms with van der Waals surface area (Å²) in [5.41, 5.74) is 2.88. The Hall–Kier alpha value is -2.24. The van der Waals surface area contributed by atoms with E-state index in [1.165, 1.54) is 0 Å². The highest BCUT2D eigenvalue weighted by atomic mass is 35.5. The number of hydrogen-bond donors (Lipinski definition) is 1. The summed E-state index contributed by atoms with van der Waals surface area (Å²) < 4.78 is 10.8. The van der Waals surface area contributed by atoms with E-state index in [1.807, 2.05) is 43.3 Å². The van der Waals surface area contributed by atoms with Crippen molar-refractivity contribution < 1.29 is 14.3 Å². The summed E-state index contributed by atoms with van der Waals surface area (Å²) in [6, 6.07) is 11.9. The molecular weight excluding hydrogens is 364 g/mol. The van der Waals surface area contributed by atoms with Crippen LogP contribution in [0, 0.1) is 6.92 Å². The normalized spacial score (nSPS) is 17.1. The number of halogens is 1. The summed E-state index contributed by atoms with van der Waals surface area (Å²) in [5, 5.41) is 3.78. The molecule has 0 saturated carbocycles. The standard InChI is InChI=1S/C21H23ClN2O3/c1-14-4-2-3-5-17(14)21(25)23-16-6-8-24(9-7-16)12-15-10-18(22)20-19(11-15)26-13-27-20/h2-5,10-11,16H,6-9,12-13H2,1H3,(H,23,25). The fraction of sp³-hybridized carbons (Fsp3) is 0.381. The van der Waals surface area contributed by atoms with Crippen molar-refractivity contribution in [2.45, 2.75) is 32.4 Å². The van der Waals surface area contributed by atoms with Gasteiger partial charge in [-0.05, 0) is 49.1 Å². The monoisotopic (exact) mass is 386 g/mol. The topological polar surface area (TPSA) is 50.8 Å². The Balaban J connectivity index is 1.31. The average molecular weight is 387 g/mol. The van der Waals surface area contributed by atoms with Crippen LogP contribution in [0.4, 0.5) is 0 Å². The first-order valence-corrected chi connectivity index (χ1v) is 9.65. The molecule has 1 N–H and O–H groups in total. The van der Waals surface area contributed by atoms with Crippen LogP contribution in [0.15, 0.2) is 36.4 Å². The third-order valence-corrected chi connectivity index (χ3v) is 5.49. The number of rotatable bonds is 4. The molecule has 0 atom stereocenters. The number of piperidine rings is 1. The predicted octanol–water partition coefficient (Wildman–Crippen LogP) is 3.77. The number of benzene rings is 2. The minimum atomic E-state index is 0.0223. The molecule has 0 aromatic heterocycles. The molecule has 4 rings (SSSR count). The summed E-state index contributed by atoms with van der Waals surface area (Å²) >= 11 is 6.27. The molecule has 0 unspecified atom stereocenters. The third-order valence-electron chi connectivity index (χ3n) is 5.21. The lowest BCUT2D eigenvalue weighted by Gasteiger charge is -2.32. The number of amides is 1. The van der Waals surface area contributed by atoms with Gasteiger partial charge < -0.3 is 14.8 Å². The Bertz CT molecular complexity index is 847. The Labute approximate surface area is 164 Å². The van der Waals surface area contributed by atoms with Crippen LogP contribution in [0.2, 0.25) is 5.02 Å². The molecule has 0 spiro atoms. The molecule has 0 bridgehead atoms. The first kappa shape index (κ1) is 18.1. The molecule has 2 aliphatic rings. The van der Waals surface area contributed by atoms with Crippen molar-refractivity contribution in [3.63, 3.8) is 0 Å². The van der Waals surface area contributed by atoms with Gasteiger partial charge in [0.15, 0.2) is 11.5 Å². The molecule has 2 aromatic carbocycles. The fourth-order valence-corrected chi connectivity index (χ4v) is 3.98. The summed E-state index contributed by atoms with van der Waals surface area (Å²) in [4.78, 5) is 14.9. The molecule has 0 radical (unpaired) electrons. The van der Waals surface area contributed by atoms with Gasteiger partial charge in [0.25, 0.3) is 5.91 Å². The minimum absolute atomic E-state index is 0.0223. The molecular formula is C21H23ClN2O3. The van der Waals surface area contributed by atoms with E-state index in [2.05, 4.69) is 10.2 Å². The zero-order chi connectivity index (χ0) is 18.8. The number of nitrogens with one attached hydrogen (secondary N) is 1. The van der Waals surface area contributed by atoms with Crippen LogP contribution in [-0.2, 0) is 6.54 Å². The van der Waals surface area contributed by atoms with Gasteiger partial charge in [0.05, 0.1) is 5.02 Å². The second-order valence-electron chi connectivity index (χ2n) is 7.15. The summed E-state index contributed by atoms with van der Waals surface area (Å²) in [5.74, 6) is 1.38. The molecule has 2 aromatic rings. The predicted molar refractivity (Wildman–Crippen MR) is 105 cm³/mol. The van der Waals surface area contributed by atoms with Gasteiger partial charge in [-0.1, -0.05) is 29.8 Å². The van der Waals surface area contributed by atoms with E-state index in [1.54, 1.807) is 0 Å². The first-order valence-electron chi connectivity index (χ1n) is 9.27. The largest absolute Gasteiger partial charge is 0.454 e. The van der Waals surface area contributed by atoms with Crippen LogP contribution in [0.25, 0.3) is 0 Å². The van der Waals surface area contributed by atoms with E-state index in [4.69, 9.17) is 21.1 Å². The fourth-order valence-electron chi connectivity index (χ4n) is 3.70. The van der Waals surface area contributed by atoms with Gasteiger partial charge >= 0.3 is 0 Å². The molecule has 1 fully saturated rings. The summed E-state index contributed by atoms with van der Waals surface area (Å²) in [7, 11) is 0. The lowest BCUT2D eigenvalue weighted by atomic mass is 10.0. The van der Waals surface area contributed by atoms with E-state index in [0.717, 1.165) is 54.9 Å². The smallest absolute Gasteiger partial charge is 0.251 e. The van der Waals surface area contributed by atoms with Crippen LogP contribution in [-0.4, -0.2) is 36.7 Å². The zero-order valence-electron chi connectivity index (χ0n) is 15.3. The number of likely N-dealkylation sites (tertiary alicyclic amines) is 1. The zero-order valence-corrected chi connectivity index (χ0v) is 16.1.